The predicted octanol–water partition coefficient (Wildman–Crippen LogP) is 3.25. The molecule has 1 aliphatic heterocycles. The van der Waals surface area contributed by atoms with E-state index in [1.165, 1.54) is 11.9 Å². The van der Waals surface area contributed by atoms with Gasteiger partial charge < -0.3 is 14.7 Å². The summed E-state index contributed by atoms with van der Waals surface area (Å²) in [4.78, 5) is 23.3. The first-order valence-electron chi connectivity index (χ1n) is 11.0. The molecule has 3 aromatic heterocycles. The summed E-state index contributed by atoms with van der Waals surface area (Å²) in [5, 5.41) is 17.0. The summed E-state index contributed by atoms with van der Waals surface area (Å²) in [5.74, 6) is 0. The number of fused-ring (bicyclic) bond motifs is 1. The molecule has 0 unspecified atom stereocenters. The maximum absolute atomic E-state index is 13.1. The average Bonchev–Trinajstić information content (AvgIpc) is 3.25. The van der Waals surface area contributed by atoms with Crippen molar-refractivity contribution in [2.45, 2.75) is 29.7 Å². The number of carbonyl (C=O) groups excluding carboxylic acids is 1. The Kier molecular flexibility index (Phi) is 6.24. The van der Waals surface area contributed by atoms with Crippen LogP contribution in [0.5, 0.6) is 0 Å². The van der Waals surface area contributed by atoms with Crippen LogP contribution >= 0.6 is 23.3 Å². The van der Waals surface area contributed by atoms with Gasteiger partial charge in [0.1, 0.15) is 11.2 Å². The molecular weight excluding hydrogens is 496 g/mol. The van der Waals surface area contributed by atoms with Gasteiger partial charge in [0.2, 0.25) is 0 Å². The van der Waals surface area contributed by atoms with Gasteiger partial charge in [0.15, 0.2) is 15.7 Å². The van der Waals surface area contributed by atoms with Gasteiger partial charge in [-0.1, -0.05) is 11.3 Å². The molecule has 1 saturated heterocycles. The summed E-state index contributed by atoms with van der Waals surface area (Å²) in [6.45, 7) is 2.38. The number of nitrogens with one attached hydrogen (secondary N) is 1. The van der Waals surface area contributed by atoms with E-state index >= 15 is 0 Å². The highest BCUT2D eigenvalue weighted by Gasteiger charge is 2.43. The van der Waals surface area contributed by atoms with E-state index in [2.05, 4.69) is 30.9 Å². The van der Waals surface area contributed by atoms with Crippen molar-refractivity contribution in [3.8, 4) is 16.8 Å². The first-order valence-corrected chi connectivity index (χ1v) is 12.6. The fourth-order valence-corrected chi connectivity index (χ4v) is 5.46. The quantitative estimate of drug-likeness (QED) is 0.495. The van der Waals surface area contributed by atoms with Gasteiger partial charge in [-0.05, 0) is 30.9 Å². The van der Waals surface area contributed by atoms with E-state index in [-0.39, 0.29) is 11.0 Å². The van der Waals surface area contributed by atoms with Crippen molar-refractivity contribution >= 4 is 40.7 Å². The number of amides is 2. The number of alkyl halides is 2. The summed E-state index contributed by atoms with van der Waals surface area (Å²) < 4.78 is 31.3. The number of carbonyl (C=O) groups is 1. The molecule has 0 spiro atoms. The van der Waals surface area contributed by atoms with E-state index in [1.807, 2.05) is 21.6 Å². The SMILES string of the molecule is CN(C)C(=O)N1CCN(c2cc(SNC3(C#N)CC3)cn3c(-c4nnc(C(F)F)s4)cnc23)CC1. The van der Waals surface area contributed by atoms with Gasteiger partial charge in [-0.3, -0.25) is 4.40 Å². The molecule has 1 aliphatic carbocycles. The summed E-state index contributed by atoms with van der Waals surface area (Å²) >= 11 is 2.20. The molecular formula is C21H23F2N9OS2. The number of piperazine rings is 1. The maximum Gasteiger partial charge on any atom is 0.319 e. The Bertz CT molecular complexity index is 1290. The zero-order chi connectivity index (χ0) is 24.7. The van der Waals surface area contributed by atoms with Gasteiger partial charge in [-0.15, -0.1) is 10.2 Å². The third-order valence-electron chi connectivity index (χ3n) is 6.01. The molecule has 0 bridgehead atoms. The molecule has 0 aromatic carbocycles. The number of anilines is 1. The van der Waals surface area contributed by atoms with Crippen LogP contribution in [-0.4, -0.2) is 81.2 Å². The van der Waals surface area contributed by atoms with Crippen molar-refractivity contribution < 1.29 is 13.6 Å². The molecule has 35 heavy (non-hydrogen) atoms. The van der Waals surface area contributed by atoms with Gasteiger partial charge in [0.05, 0.1) is 18.0 Å². The Morgan fingerprint density at radius 2 is 2.03 bits per heavy atom. The lowest BCUT2D eigenvalue weighted by Crippen LogP contribution is -2.51. The molecule has 2 amide bonds. The number of imidazole rings is 1. The topological polar surface area (TPSA) is 106 Å². The van der Waals surface area contributed by atoms with Crippen LogP contribution in [0, 0.1) is 11.3 Å². The standard InChI is InChI=1S/C21H23F2N9OS2/c1-29(2)20(33)31-7-5-30(6-8-31)14-9-13(35-28-21(12-24)3-4-21)11-32-15(10-25-17(14)32)18-26-27-19(34-18)16(22)23/h9-11,16,28H,3-8H2,1-2H3. The second-order valence-electron chi connectivity index (χ2n) is 8.69. The van der Waals surface area contributed by atoms with E-state index in [0.29, 0.717) is 42.5 Å². The number of rotatable bonds is 6. The van der Waals surface area contributed by atoms with E-state index in [4.69, 9.17) is 0 Å². The average molecular weight is 520 g/mol. The third-order valence-corrected chi connectivity index (χ3v) is 7.91. The second kappa shape index (κ2) is 9.21. The maximum atomic E-state index is 13.1. The summed E-state index contributed by atoms with van der Waals surface area (Å²) in [6.07, 6.45) is 2.38. The molecule has 0 radical (unpaired) electrons. The van der Waals surface area contributed by atoms with Gasteiger partial charge in [0.25, 0.3) is 6.43 Å². The number of halogens is 2. The molecule has 184 valence electrons. The number of pyridine rings is 1. The minimum atomic E-state index is -2.69. The molecule has 14 heteroatoms. The molecule has 2 aliphatic rings. The fourth-order valence-electron chi connectivity index (χ4n) is 3.86. The molecule has 2 fully saturated rings. The van der Waals surface area contributed by atoms with Gasteiger partial charge in [-0.25, -0.2) is 23.3 Å². The zero-order valence-electron chi connectivity index (χ0n) is 19.1. The summed E-state index contributed by atoms with van der Waals surface area (Å²) in [7, 11) is 3.47. The van der Waals surface area contributed by atoms with Gasteiger partial charge >= 0.3 is 6.03 Å². The highest BCUT2D eigenvalue weighted by Crippen LogP contribution is 2.39. The van der Waals surface area contributed by atoms with Crippen LogP contribution in [0.1, 0.15) is 24.3 Å². The number of hydrogen-bond donors (Lipinski definition) is 1. The second-order valence-corrected chi connectivity index (χ2v) is 10.6. The Balaban J connectivity index is 1.49. The Morgan fingerprint density at radius 3 is 2.63 bits per heavy atom. The van der Waals surface area contributed by atoms with E-state index in [9.17, 15) is 18.8 Å². The number of hydrogen-bond acceptors (Lipinski definition) is 9. The van der Waals surface area contributed by atoms with Crippen molar-refractivity contribution in [1.82, 2.24) is 34.1 Å². The summed E-state index contributed by atoms with van der Waals surface area (Å²) in [5.41, 5.74) is 1.57. The first kappa shape index (κ1) is 23.7. The molecule has 1 N–H and O–H groups in total. The zero-order valence-corrected chi connectivity index (χ0v) is 20.7. The van der Waals surface area contributed by atoms with Crippen molar-refractivity contribution in [3.63, 3.8) is 0 Å². The van der Waals surface area contributed by atoms with Crippen molar-refractivity contribution in [2.24, 2.45) is 0 Å². The largest absolute Gasteiger partial charge is 0.365 e. The Labute approximate surface area is 208 Å². The van der Waals surface area contributed by atoms with Crippen LogP contribution < -0.4 is 9.62 Å². The number of nitriles is 1. The number of aromatic nitrogens is 4. The molecule has 5 rings (SSSR count). The number of nitrogens with zero attached hydrogens (tertiary/aromatic N) is 8. The van der Waals surface area contributed by atoms with Crippen LogP contribution in [0.3, 0.4) is 0 Å². The molecule has 3 aromatic rings. The highest BCUT2D eigenvalue weighted by molar-refractivity contribution is 7.97. The van der Waals surface area contributed by atoms with Crippen LogP contribution in [0.4, 0.5) is 19.3 Å². The Morgan fingerprint density at radius 1 is 1.29 bits per heavy atom. The Hall–Kier alpha value is -3.02. The van der Waals surface area contributed by atoms with Crippen molar-refractivity contribution in [2.75, 3.05) is 45.2 Å². The summed E-state index contributed by atoms with van der Waals surface area (Å²) in [6, 6.07) is 4.30. The van der Waals surface area contributed by atoms with E-state index < -0.39 is 12.0 Å². The fraction of sp³-hybridized carbons (Fsp3) is 0.476. The van der Waals surface area contributed by atoms with Crippen LogP contribution in [0.25, 0.3) is 16.3 Å². The van der Waals surface area contributed by atoms with Crippen molar-refractivity contribution in [3.05, 3.63) is 23.5 Å². The van der Waals surface area contributed by atoms with Crippen LogP contribution in [-0.2, 0) is 0 Å². The number of urea groups is 1. The molecule has 10 nitrogen and oxygen atoms in total. The molecule has 0 atom stereocenters. The minimum Gasteiger partial charge on any atom is -0.365 e. The predicted molar refractivity (Wildman–Crippen MR) is 128 cm³/mol. The normalized spacial score (nSPS) is 17.1. The lowest BCUT2D eigenvalue weighted by atomic mass is 10.2. The van der Waals surface area contributed by atoms with Gasteiger partial charge in [-0.2, -0.15) is 5.26 Å². The smallest absolute Gasteiger partial charge is 0.319 e. The first-order chi connectivity index (χ1) is 16.8. The molecule has 4 heterocycles. The highest BCUT2D eigenvalue weighted by atomic mass is 32.2. The van der Waals surface area contributed by atoms with E-state index in [0.717, 1.165) is 34.8 Å². The minimum absolute atomic E-state index is 0.0243. The van der Waals surface area contributed by atoms with Gasteiger partial charge in [0, 0.05) is 51.4 Å². The van der Waals surface area contributed by atoms with Crippen LogP contribution in [0.2, 0.25) is 0 Å². The molecule has 1 saturated carbocycles. The van der Waals surface area contributed by atoms with Crippen molar-refractivity contribution in [1.29, 1.82) is 5.26 Å². The lowest BCUT2D eigenvalue weighted by molar-refractivity contribution is 0.150. The van der Waals surface area contributed by atoms with E-state index in [1.54, 1.807) is 25.2 Å². The third kappa shape index (κ3) is 4.63. The van der Waals surface area contributed by atoms with Crippen LogP contribution in [0.15, 0.2) is 23.4 Å². The lowest BCUT2D eigenvalue weighted by Gasteiger charge is -2.37. The monoisotopic (exact) mass is 519 g/mol.